The fourth-order valence-corrected chi connectivity index (χ4v) is 3.29. The third kappa shape index (κ3) is 2.24. The third-order valence-electron chi connectivity index (χ3n) is 2.84. The minimum atomic E-state index is -1.22. The van der Waals surface area contributed by atoms with Crippen molar-refractivity contribution in [1.29, 1.82) is 0 Å². The van der Waals surface area contributed by atoms with Crippen LogP contribution in [0.1, 0.15) is 13.8 Å². The van der Waals surface area contributed by atoms with E-state index in [4.69, 9.17) is 9.47 Å². The van der Waals surface area contributed by atoms with Gasteiger partial charge in [-0.3, -0.25) is 0 Å². The van der Waals surface area contributed by atoms with Crippen molar-refractivity contribution in [3.63, 3.8) is 0 Å². The third-order valence-corrected chi connectivity index (χ3v) is 4.90. The molecule has 2 rings (SSSR count). The van der Waals surface area contributed by atoms with E-state index in [1.807, 2.05) is 13.8 Å². The van der Waals surface area contributed by atoms with E-state index in [1.165, 1.54) is 5.20 Å². The Labute approximate surface area is 93.0 Å². The molecule has 0 amide bonds. The van der Waals surface area contributed by atoms with E-state index in [-0.39, 0.29) is 12.2 Å². The molecule has 15 heavy (non-hydrogen) atoms. The van der Waals surface area contributed by atoms with E-state index in [0.717, 1.165) is 0 Å². The highest BCUT2D eigenvalue weighted by molar-refractivity contribution is 6.83. The minimum Gasteiger partial charge on any atom is -0.340 e. The van der Waals surface area contributed by atoms with Crippen LogP contribution < -0.4 is 0 Å². The topological polar surface area (TPSA) is 18.5 Å². The number of hydrogen-bond donors (Lipinski definition) is 0. The highest BCUT2D eigenvalue weighted by Gasteiger charge is 2.40. The SMILES string of the molecule is CC1(C)O[C@H]2C=CC([Si](C)(C)C)=C[C@H]2O1. The van der Waals surface area contributed by atoms with Crippen molar-refractivity contribution in [2.45, 2.75) is 51.5 Å². The van der Waals surface area contributed by atoms with E-state index in [2.05, 4.69) is 37.9 Å². The van der Waals surface area contributed by atoms with Gasteiger partial charge in [-0.2, -0.15) is 0 Å². The van der Waals surface area contributed by atoms with Gasteiger partial charge in [0.15, 0.2) is 5.79 Å². The van der Waals surface area contributed by atoms with Gasteiger partial charge in [0.05, 0.1) is 8.07 Å². The van der Waals surface area contributed by atoms with Crippen LogP contribution in [0.25, 0.3) is 0 Å². The van der Waals surface area contributed by atoms with Crippen LogP contribution in [0.5, 0.6) is 0 Å². The zero-order valence-corrected chi connectivity index (χ0v) is 11.2. The molecular weight excluding hydrogens is 204 g/mol. The average molecular weight is 224 g/mol. The van der Waals surface area contributed by atoms with Crippen LogP contribution in [-0.4, -0.2) is 26.1 Å². The Hall–Kier alpha value is -0.383. The van der Waals surface area contributed by atoms with Crippen molar-refractivity contribution in [2.75, 3.05) is 0 Å². The molecule has 1 aliphatic carbocycles. The summed E-state index contributed by atoms with van der Waals surface area (Å²) >= 11 is 0. The van der Waals surface area contributed by atoms with Gasteiger partial charge < -0.3 is 9.47 Å². The molecule has 0 bridgehead atoms. The maximum atomic E-state index is 5.85. The van der Waals surface area contributed by atoms with Gasteiger partial charge in [0.2, 0.25) is 0 Å². The van der Waals surface area contributed by atoms with Gasteiger partial charge in [0.25, 0.3) is 0 Å². The molecule has 1 fully saturated rings. The quantitative estimate of drug-likeness (QED) is 0.638. The highest BCUT2D eigenvalue weighted by atomic mass is 28.3. The first-order valence-corrected chi connectivity index (χ1v) is 9.04. The summed E-state index contributed by atoms with van der Waals surface area (Å²) in [5.74, 6) is -0.439. The Kier molecular flexibility index (Phi) is 2.45. The molecule has 2 atom stereocenters. The highest BCUT2D eigenvalue weighted by Crippen LogP contribution is 2.34. The smallest absolute Gasteiger partial charge is 0.164 e. The molecule has 0 saturated carbocycles. The van der Waals surface area contributed by atoms with Crippen LogP contribution in [-0.2, 0) is 9.47 Å². The molecule has 1 aliphatic heterocycles. The first-order valence-electron chi connectivity index (χ1n) is 5.54. The second-order valence-electron chi connectivity index (χ2n) is 5.80. The van der Waals surface area contributed by atoms with E-state index in [0.29, 0.717) is 0 Å². The molecule has 2 nitrogen and oxygen atoms in total. The van der Waals surface area contributed by atoms with Gasteiger partial charge in [-0.1, -0.05) is 43.1 Å². The normalized spacial score (nSPS) is 33.8. The summed E-state index contributed by atoms with van der Waals surface area (Å²) in [7, 11) is -1.22. The molecule has 0 unspecified atom stereocenters. The number of ether oxygens (including phenoxy) is 2. The summed E-state index contributed by atoms with van der Waals surface area (Å²) in [6.45, 7) is 11.0. The lowest BCUT2D eigenvalue weighted by Crippen LogP contribution is -2.29. The molecule has 0 aromatic rings. The Morgan fingerprint density at radius 1 is 1.13 bits per heavy atom. The van der Waals surface area contributed by atoms with Crippen molar-refractivity contribution >= 4 is 8.07 Å². The van der Waals surface area contributed by atoms with Crippen LogP contribution in [0.4, 0.5) is 0 Å². The van der Waals surface area contributed by atoms with Crippen LogP contribution in [0, 0.1) is 0 Å². The van der Waals surface area contributed by atoms with Gasteiger partial charge in [0, 0.05) is 0 Å². The van der Waals surface area contributed by atoms with E-state index >= 15 is 0 Å². The molecule has 0 radical (unpaired) electrons. The van der Waals surface area contributed by atoms with Gasteiger partial charge in [-0.25, -0.2) is 0 Å². The maximum absolute atomic E-state index is 5.85. The molecule has 3 heteroatoms. The van der Waals surface area contributed by atoms with Crippen molar-refractivity contribution in [2.24, 2.45) is 0 Å². The lowest BCUT2D eigenvalue weighted by Gasteiger charge is -2.24. The summed E-state index contributed by atoms with van der Waals surface area (Å²) in [4.78, 5) is 0. The van der Waals surface area contributed by atoms with E-state index < -0.39 is 13.9 Å². The molecule has 2 aliphatic rings. The summed E-state index contributed by atoms with van der Waals surface area (Å²) in [5, 5.41) is 1.46. The molecule has 0 spiro atoms. The Morgan fingerprint density at radius 2 is 1.73 bits per heavy atom. The van der Waals surface area contributed by atoms with Crippen LogP contribution in [0.15, 0.2) is 23.4 Å². The predicted octanol–water partition coefficient (Wildman–Crippen LogP) is 2.88. The fourth-order valence-electron chi connectivity index (χ4n) is 2.03. The lowest BCUT2D eigenvalue weighted by molar-refractivity contribution is -0.138. The van der Waals surface area contributed by atoms with Crippen molar-refractivity contribution in [3.05, 3.63) is 23.4 Å². The number of fused-ring (bicyclic) bond motifs is 1. The van der Waals surface area contributed by atoms with Gasteiger partial charge >= 0.3 is 0 Å². The average Bonchev–Trinajstić information content (AvgIpc) is 2.34. The minimum absolute atomic E-state index is 0.111. The summed E-state index contributed by atoms with van der Waals surface area (Å²) in [6, 6.07) is 0. The Morgan fingerprint density at radius 3 is 2.33 bits per heavy atom. The van der Waals surface area contributed by atoms with Crippen molar-refractivity contribution < 1.29 is 9.47 Å². The summed E-state index contributed by atoms with van der Waals surface area (Å²) in [6.07, 6.45) is 6.85. The molecule has 1 heterocycles. The Balaban J connectivity index is 2.21. The summed E-state index contributed by atoms with van der Waals surface area (Å²) < 4.78 is 11.6. The molecule has 1 saturated heterocycles. The zero-order valence-electron chi connectivity index (χ0n) is 10.2. The number of allylic oxidation sites excluding steroid dienone is 2. The van der Waals surface area contributed by atoms with Crippen LogP contribution in [0.3, 0.4) is 0 Å². The fraction of sp³-hybridized carbons (Fsp3) is 0.667. The predicted molar refractivity (Wildman–Crippen MR) is 64.4 cm³/mol. The van der Waals surface area contributed by atoms with Gasteiger partial charge in [0.1, 0.15) is 12.2 Å². The number of rotatable bonds is 1. The van der Waals surface area contributed by atoms with Gasteiger partial charge in [-0.05, 0) is 13.8 Å². The molecule has 0 aromatic heterocycles. The van der Waals surface area contributed by atoms with Crippen molar-refractivity contribution in [3.8, 4) is 0 Å². The standard InChI is InChI=1S/C12H20O2Si/c1-12(2)13-10-7-6-9(15(3,4)5)8-11(10)14-12/h6-8,10-11H,1-5H3/t10-,11+/m0/s1. The maximum Gasteiger partial charge on any atom is 0.164 e. The van der Waals surface area contributed by atoms with Crippen LogP contribution in [0.2, 0.25) is 19.6 Å². The van der Waals surface area contributed by atoms with Gasteiger partial charge in [-0.15, -0.1) is 0 Å². The molecule has 0 aromatic carbocycles. The Bertz CT molecular complexity index is 323. The molecule has 0 N–H and O–H groups in total. The number of hydrogen-bond acceptors (Lipinski definition) is 2. The monoisotopic (exact) mass is 224 g/mol. The van der Waals surface area contributed by atoms with Crippen LogP contribution >= 0.6 is 0 Å². The first-order chi connectivity index (χ1) is 6.78. The first kappa shape index (κ1) is 11.1. The largest absolute Gasteiger partial charge is 0.340 e. The van der Waals surface area contributed by atoms with Crippen molar-refractivity contribution in [1.82, 2.24) is 0 Å². The van der Waals surface area contributed by atoms with E-state index in [1.54, 1.807) is 0 Å². The molecular formula is C12H20O2Si. The second-order valence-corrected chi connectivity index (χ2v) is 10.9. The van der Waals surface area contributed by atoms with E-state index in [9.17, 15) is 0 Å². The lowest BCUT2D eigenvalue weighted by atomic mass is 10.1. The summed E-state index contributed by atoms with van der Waals surface area (Å²) in [5.41, 5.74) is 0. The molecule has 84 valence electrons. The second kappa shape index (κ2) is 3.30. The zero-order chi connectivity index (χ0) is 11.3.